The SMILES string of the molecule is CCOCCn1c(=NC(=O)C2CC2)sc2cc(NC(C)=O)ccc21. The predicted molar refractivity (Wildman–Crippen MR) is 93.9 cm³/mol. The third kappa shape index (κ3) is 3.91. The number of carbonyl (C=O) groups is 2. The van der Waals surface area contributed by atoms with Gasteiger partial charge in [0, 0.05) is 31.7 Å². The number of thiazole rings is 1. The van der Waals surface area contributed by atoms with Crippen molar-refractivity contribution in [1.82, 2.24) is 4.57 Å². The van der Waals surface area contributed by atoms with Crippen LogP contribution in [-0.2, 0) is 20.9 Å². The maximum absolute atomic E-state index is 12.1. The zero-order chi connectivity index (χ0) is 17.1. The van der Waals surface area contributed by atoms with Gasteiger partial charge in [0.25, 0.3) is 5.91 Å². The molecule has 0 spiro atoms. The highest BCUT2D eigenvalue weighted by Crippen LogP contribution is 2.30. The molecule has 1 aliphatic carbocycles. The lowest BCUT2D eigenvalue weighted by atomic mass is 10.3. The second-order valence-corrected chi connectivity index (χ2v) is 6.83. The molecule has 1 aromatic carbocycles. The molecule has 0 radical (unpaired) electrons. The quantitative estimate of drug-likeness (QED) is 0.816. The van der Waals surface area contributed by atoms with Gasteiger partial charge < -0.3 is 14.6 Å². The summed E-state index contributed by atoms with van der Waals surface area (Å²) < 4.78 is 8.46. The number of hydrogen-bond donors (Lipinski definition) is 1. The largest absolute Gasteiger partial charge is 0.380 e. The summed E-state index contributed by atoms with van der Waals surface area (Å²) in [6.07, 6.45) is 1.89. The zero-order valence-electron chi connectivity index (χ0n) is 13.9. The van der Waals surface area contributed by atoms with Gasteiger partial charge in [0.05, 0.1) is 16.8 Å². The van der Waals surface area contributed by atoms with Crippen LogP contribution in [0, 0.1) is 5.92 Å². The molecule has 0 bridgehead atoms. The molecule has 2 amide bonds. The number of carbonyl (C=O) groups excluding carboxylic acids is 2. The minimum absolute atomic E-state index is 0.0335. The molecule has 1 fully saturated rings. The molecule has 0 aliphatic heterocycles. The summed E-state index contributed by atoms with van der Waals surface area (Å²) in [6.45, 7) is 5.31. The molecule has 6 nitrogen and oxygen atoms in total. The Morgan fingerprint density at radius 1 is 1.42 bits per heavy atom. The van der Waals surface area contributed by atoms with E-state index in [-0.39, 0.29) is 17.7 Å². The molecule has 1 heterocycles. The summed E-state index contributed by atoms with van der Waals surface area (Å²) in [5.74, 6) is -0.0387. The lowest BCUT2D eigenvalue weighted by Crippen LogP contribution is -2.20. The van der Waals surface area contributed by atoms with Crippen molar-refractivity contribution in [2.75, 3.05) is 18.5 Å². The van der Waals surface area contributed by atoms with E-state index < -0.39 is 0 Å². The third-order valence-corrected chi connectivity index (χ3v) is 4.84. The number of nitrogens with zero attached hydrogens (tertiary/aromatic N) is 2. The van der Waals surface area contributed by atoms with E-state index in [2.05, 4.69) is 10.3 Å². The van der Waals surface area contributed by atoms with E-state index in [1.54, 1.807) is 0 Å². The van der Waals surface area contributed by atoms with Crippen LogP contribution in [0.3, 0.4) is 0 Å². The van der Waals surface area contributed by atoms with E-state index in [0.29, 0.717) is 24.6 Å². The van der Waals surface area contributed by atoms with Crippen molar-refractivity contribution in [3.63, 3.8) is 0 Å². The fourth-order valence-corrected chi connectivity index (χ4v) is 3.57. The number of aromatic nitrogens is 1. The topological polar surface area (TPSA) is 72.7 Å². The van der Waals surface area contributed by atoms with Gasteiger partial charge >= 0.3 is 0 Å². The fraction of sp³-hybridized carbons (Fsp3) is 0.471. The van der Waals surface area contributed by atoms with Gasteiger partial charge in [0.1, 0.15) is 0 Å². The number of ether oxygens (including phenoxy) is 1. The van der Waals surface area contributed by atoms with E-state index in [1.165, 1.54) is 18.3 Å². The van der Waals surface area contributed by atoms with E-state index >= 15 is 0 Å². The summed E-state index contributed by atoms with van der Waals surface area (Å²) in [5, 5.41) is 2.78. The van der Waals surface area contributed by atoms with E-state index in [4.69, 9.17) is 4.74 Å². The molecular formula is C17H21N3O3S. The Balaban J connectivity index is 2.00. The van der Waals surface area contributed by atoms with E-state index in [9.17, 15) is 9.59 Å². The van der Waals surface area contributed by atoms with Crippen LogP contribution >= 0.6 is 11.3 Å². The van der Waals surface area contributed by atoms with Gasteiger partial charge in [-0.25, -0.2) is 0 Å². The van der Waals surface area contributed by atoms with Gasteiger partial charge in [0.2, 0.25) is 5.91 Å². The van der Waals surface area contributed by atoms with Gasteiger partial charge in [-0.2, -0.15) is 4.99 Å². The summed E-state index contributed by atoms with van der Waals surface area (Å²) in [5.41, 5.74) is 1.74. The highest BCUT2D eigenvalue weighted by molar-refractivity contribution is 7.16. The van der Waals surface area contributed by atoms with Crippen molar-refractivity contribution in [2.24, 2.45) is 10.9 Å². The molecule has 0 unspecified atom stereocenters. The number of rotatable bonds is 6. The van der Waals surface area contributed by atoms with Crippen molar-refractivity contribution in [3.8, 4) is 0 Å². The van der Waals surface area contributed by atoms with Crippen molar-refractivity contribution in [3.05, 3.63) is 23.0 Å². The van der Waals surface area contributed by atoms with E-state index in [0.717, 1.165) is 28.7 Å². The highest BCUT2D eigenvalue weighted by atomic mass is 32.1. The van der Waals surface area contributed by atoms with Crippen LogP contribution in [0.1, 0.15) is 26.7 Å². The average molecular weight is 347 g/mol. The first-order chi connectivity index (χ1) is 11.6. The average Bonchev–Trinajstić information content (AvgIpc) is 3.32. The molecule has 0 atom stereocenters. The van der Waals surface area contributed by atoms with Crippen LogP contribution in [0.2, 0.25) is 0 Å². The third-order valence-electron chi connectivity index (χ3n) is 3.80. The van der Waals surface area contributed by atoms with Crippen molar-refractivity contribution >= 4 is 39.1 Å². The van der Waals surface area contributed by atoms with Crippen LogP contribution in [0.25, 0.3) is 10.2 Å². The second-order valence-electron chi connectivity index (χ2n) is 5.82. The molecule has 128 valence electrons. The monoisotopic (exact) mass is 347 g/mol. The van der Waals surface area contributed by atoms with Gasteiger partial charge in [-0.15, -0.1) is 0 Å². The lowest BCUT2D eigenvalue weighted by Gasteiger charge is -2.06. The van der Waals surface area contributed by atoms with Crippen molar-refractivity contribution < 1.29 is 14.3 Å². The Hall–Kier alpha value is -1.99. The molecule has 7 heteroatoms. The van der Waals surface area contributed by atoms with E-state index in [1.807, 2.05) is 29.7 Å². The van der Waals surface area contributed by atoms with Gasteiger partial charge in [-0.1, -0.05) is 11.3 Å². The summed E-state index contributed by atoms with van der Waals surface area (Å²) in [4.78, 5) is 28.3. The van der Waals surface area contributed by atoms with Crippen molar-refractivity contribution in [1.29, 1.82) is 0 Å². The maximum atomic E-state index is 12.1. The highest BCUT2D eigenvalue weighted by Gasteiger charge is 2.29. The van der Waals surface area contributed by atoms with Crippen LogP contribution in [0.15, 0.2) is 23.2 Å². The molecule has 3 rings (SSSR count). The molecule has 1 saturated carbocycles. The van der Waals surface area contributed by atoms with Gasteiger partial charge in [-0.3, -0.25) is 9.59 Å². The molecule has 1 aromatic heterocycles. The first-order valence-corrected chi connectivity index (χ1v) is 8.97. The normalized spacial score (nSPS) is 15.0. The molecular weight excluding hydrogens is 326 g/mol. The Labute approximate surface area is 144 Å². The van der Waals surface area contributed by atoms with Crippen LogP contribution in [-0.4, -0.2) is 29.6 Å². The van der Waals surface area contributed by atoms with Gasteiger partial charge in [-0.05, 0) is 38.0 Å². The summed E-state index contributed by atoms with van der Waals surface area (Å²) >= 11 is 1.47. The number of anilines is 1. The minimum atomic E-state index is -0.107. The number of benzene rings is 1. The summed E-state index contributed by atoms with van der Waals surface area (Å²) in [6, 6.07) is 5.73. The molecule has 1 N–H and O–H groups in total. The maximum Gasteiger partial charge on any atom is 0.251 e. The zero-order valence-corrected chi connectivity index (χ0v) is 14.7. The van der Waals surface area contributed by atoms with Crippen molar-refractivity contribution in [2.45, 2.75) is 33.2 Å². The molecule has 0 saturated heterocycles. The number of fused-ring (bicyclic) bond motifs is 1. The Kier molecular flexibility index (Phi) is 5.11. The Morgan fingerprint density at radius 2 is 2.21 bits per heavy atom. The van der Waals surface area contributed by atoms with Crippen LogP contribution in [0.5, 0.6) is 0 Å². The fourth-order valence-electron chi connectivity index (χ4n) is 2.47. The predicted octanol–water partition coefficient (Wildman–Crippen LogP) is 2.54. The summed E-state index contributed by atoms with van der Waals surface area (Å²) in [7, 11) is 0. The number of hydrogen-bond acceptors (Lipinski definition) is 4. The van der Waals surface area contributed by atoms with Gasteiger partial charge in [0.15, 0.2) is 4.80 Å². The lowest BCUT2D eigenvalue weighted by molar-refractivity contribution is -0.119. The standard InChI is InChI=1S/C17H21N3O3S/c1-3-23-9-8-20-14-7-6-13(18-11(2)21)10-15(14)24-17(20)19-16(22)12-4-5-12/h6-7,10,12H,3-5,8-9H2,1-2H3,(H,18,21). The first kappa shape index (κ1) is 16.9. The van der Waals surface area contributed by atoms with Crippen LogP contribution < -0.4 is 10.1 Å². The first-order valence-electron chi connectivity index (χ1n) is 8.15. The molecule has 2 aromatic rings. The smallest absolute Gasteiger partial charge is 0.251 e. The Morgan fingerprint density at radius 3 is 2.88 bits per heavy atom. The number of amides is 2. The molecule has 1 aliphatic rings. The Bertz CT molecular complexity index is 833. The van der Waals surface area contributed by atoms with Crippen LogP contribution in [0.4, 0.5) is 5.69 Å². The second kappa shape index (κ2) is 7.27. The minimum Gasteiger partial charge on any atom is -0.380 e. The molecule has 24 heavy (non-hydrogen) atoms. The number of nitrogens with one attached hydrogen (secondary N) is 1.